The van der Waals surface area contributed by atoms with Crippen LogP contribution in [0, 0.1) is 0 Å². The van der Waals surface area contributed by atoms with Gasteiger partial charge in [-0.2, -0.15) is 13.5 Å². The Hall–Kier alpha value is 0.230. The Labute approximate surface area is 86.4 Å². The van der Waals surface area contributed by atoms with Gasteiger partial charge in [-0.15, -0.1) is 0 Å². The fraction of sp³-hybridized carbons (Fsp3) is 0.857. The van der Waals surface area contributed by atoms with Crippen LogP contribution in [-0.4, -0.2) is 49.1 Å². The molecule has 3 nitrogen and oxygen atoms in total. The van der Waals surface area contributed by atoms with Gasteiger partial charge < -0.3 is 9.59 Å². The van der Waals surface area contributed by atoms with Crippen molar-refractivity contribution in [3.05, 3.63) is 0 Å². The van der Waals surface area contributed by atoms with Gasteiger partial charge in [0, 0.05) is 6.92 Å². The summed E-state index contributed by atoms with van der Waals surface area (Å²) in [5.74, 6) is 0. The van der Waals surface area contributed by atoms with Crippen LogP contribution in [0.5, 0.6) is 0 Å². The van der Waals surface area contributed by atoms with Crippen molar-refractivity contribution in [3.63, 3.8) is 0 Å². The molecule has 0 aromatic heterocycles. The number of rotatable bonds is 2. The molecule has 0 aliphatic rings. The Kier molecular flexibility index (Phi) is 14.1. The molecule has 76 valence electrons. The van der Waals surface area contributed by atoms with E-state index in [1.807, 2.05) is 0 Å². The summed E-state index contributed by atoms with van der Waals surface area (Å²) in [4.78, 5) is 9.21. The lowest BCUT2D eigenvalue weighted by molar-refractivity contribution is -0.870. The largest absolute Gasteiger partial charge is 0.391 e. The smallest absolute Gasteiger partial charge is 0.218 e. The van der Waals surface area contributed by atoms with E-state index in [0.29, 0.717) is 0 Å². The predicted molar refractivity (Wildman–Crippen MR) is 56.9 cm³/mol. The van der Waals surface area contributed by atoms with Crippen molar-refractivity contribution in [1.29, 1.82) is 0 Å². The van der Waals surface area contributed by atoms with Crippen LogP contribution < -0.4 is 0 Å². The summed E-state index contributed by atoms with van der Waals surface area (Å²) in [7, 11) is 6.16. The first-order valence-corrected chi connectivity index (χ1v) is 3.75. The van der Waals surface area contributed by atoms with Crippen LogP contribution in [-0.2, 0) is 4.79 Å². The lowest BCUT2D eigenvalue weighted by Gasteiger charge is -2.21. The van der Waals surface area contributed by atoms with Gasteiger partial charge in [0.1, 0.15) is 6.54 Å². The summed E-state index contributed by atoms with van der Waals surface area (Å²) in [5.41, 5.74) is 0. The van der Waals surface area contributed by atoms with E-state index >= 15 is 0 Å². The molecule has 0 aliphatic carbocycles. The van der Waals surface area contributed by atoms with Gasteiger partial charge in [0.2, 0.25) is 5.24 Å². The van der Waals surface area contributed by atoms with E-state index in [-0.39, 0.29) is 25.3 Å². The fourth-order valence-corrected chi connectivity index (χ4v) is 0.300. The highest BCUT2D eigenvalue weighted by Gasteiger charge is 2.02. The van der Waals surface area contributed by atoms with E-state index in [4.69, 9.17) is 5.11 Å². The minimum atomic E-state index is -0.361. The van der Waals surface area contributed by atoms with Crippen LogP contribution in [0.3, 0.4) is 0 Å². The van der Waals surface area contributed by atoms with Crippen molar-refractivity contribution in [3.8, 4) is 0 Å². The maximum absolute atomic E-state index is 9.21. The van der Waals surface area contributed by atoms with Crippen molar-refractivity contribution < 1.29 is 14.4 Å². The summed E-state index contributed by atoms with van der Waals surface area (Å²) in [6, 6.07) is 0. The van der Waals surface area contributed by atoms with Crippen molar-refractivity contribution >= 4 is 30.3 Å². The Morgan fingerprint density at radius 2 is 1.67 bits per heavy atom. The average Bonchev–Trinajstić information content (AvgIpc) is 1.58. The van der Waals surface area contributed by atoms with Gasteiger partial charge in [0.25, 0.3) is 0 Å². The van der Waals surface area contributed by atoms with Crippen LogP contribution in [0.1, 0.15) is 6.92 Å². The average molecular weight is 217 g/mol. The SMILES string of the molecule is CC(=O)Cl.C[N+](C)(C)CCO.S. The third kappa shape index (κ3) is 48.7. The van der Waals surface area contributed by atoms with Gasteiger partial charge in [-0.05, 0) is 11.6 Å². The second kappa shape index (κ2) is 9.32. The van der Waals surface area contributed by atoms with Crippen LogP contribution in [0.15, 0.2) is 0 Å². The van der Waals surface area contributed by atoms with E-state index < -0.39 is 0 Å². The third-order valence-electron chi connectivity index (χ3n) is 0.771. The molecule has 0 radical (unpaired) electrons. The molecule has 0 atom stereocenters. The number of aliphatic hydroxyl groups is 1. The number of likely N-dealkylation sites (N-methyl/N-ethyl adjacent to an activating group) is 1. The number of hydrogen-bond donors (Lipinski definition) is 1. The summed E-state index contributed by atoms with van der Waals surface area (Å²) in [6.45, 7) is 2.41. The van der Waals surface area contributed by atoms with Gasteiger partial charge >= 0.3 is 0 Å². The molecule has 0 saturated carbocycles. The first kappa shape index (κ1) is 18.1. The Morgan fingerprint density at radius 3 is 1.67 bits per heavy atom. The molecular formula is C7H19ClNO2S+. The third-order valence-corrected chi connectivity index (χ3v) is 0.771. The molecule has 0 aromatic rings. The number of quaternary nitrogens is 1. The molecule has 0 bridgehead atoms. The molecule has 0 amide bonds. The van der Waals surface area contributed by atoms with E-state index in [9.17, 15) is 4.79 Å². The highest BCUT2D eigenvalue weighted by Crippen LogP contribution is 1.84. The second-order valence-electron chi connectivity index (χ2n) is 3.21. The number of carbonyl (C=O) groups is 1. The van der Waals surface area contributed by atoms with Gasteiger partial charge in [0.15, 0.2) is 0 Å². The van der Waals surface area contributed by atoms with Gasteiger partial charge in [-0.1, -0.05) is 0 Å². The first-order valence-electron chi connectivity index (χ1n) is 3.37. The van der Waals surface area contributed by atoms with Crippen molar-refractivity contribution in [2.24, 2.45) is 0 Å². The van der Waals surface area contributed by atoms with Gasteiger partial charge in [-0.25, -0.2) is 0 Å². The number of hydrogen-bond acceptors (Lipinski definition) is 2. The van der Waals surface area contributed by atoms with Crippen molar-refractivity contribution in [1.82, 2.24) is 0 Å². The summed E-state index contributed by atoms with van der Waals surface area (Å²) in [6.07, 6.45) is 0. The topological polar surface area (TPSA) is 37.3 Å². The zero-order valence-corrected chi connectivity index (χ0v) is 9.85. The Morgan fingerprint density at radius 1 is 1.42 bits per heavy atom. The zero-order chi connectivity index (χ0) is 9.49. The molecule has 1 N–H and O–H groups in total. The minimum absolute atomic E-state index is 0. The lowest BCUT2D eigenvalue weighted by Crippen LogP contribution is -2.36. The van der Waals surface area contributed by atoms with E-state index in [2.05, 4.69) is 32.7 Å². The monoisotopic (exact) mass is 216 g/mol. The van der Waals surface area contributed by atoms with Gasteiger partial charge in [-0.3, -0.25) is 4.79 Å². The standard InChI is InChI=1S/C5H14NO.C2H3ClO.H2S/c1-6(2,3)4-5-7;1-2(3)4;/h7H,4-5H2,1-3H3;1H3;1H2/q+1;;. The van der Waals surface area contributed by atoms with E-state index in [1.165, 1.54) is 6.92 Å². The van der Waals surface area contributed by atoms with Crippen LogP contribution in [0.2, 0.25) is 0 Å². The van der Waals surface area contributed by atoms with E-state index in [0.717, 1.165) is 11.0 Å². The second-order valence-corrected chi connectivity index (χ2v) is 3.74. The molecule has 0 aliphatic heterocycles. The predicted octanol–water partition coefficient (Wildman–Crippen LogP) is 0.569. The van der Waals surface area contributed by atoms with E-state index in [1.54, 1.807) is 0 Å². The van der Waals surface area contributed by atoms with Crippen LogP contribution >= 0.6 is 25.1 Å². The highest BCUT2D eigenvalue weighted by molar-refractivity contribution is 7.59. The normalized spacial score (nSPS) is 9.17. The quantitative estimate of drug-likeness (QED) is 0.542. The maximum Gasteiger partial charge on any atom is 0.218 e. The lowest BCUT2D eigenvalue weighted by atomic mass is 10.5. The molecule has 0 rings (SSSR count). The van der Waals surface area contributed by atoms with Gasteiger partial charge in [0.05, 0.1) is 27.7 Å². The molecule has 0 aromatic carbocycles. The summed E-state index contributed by atoms with van der Waals surface area (Å²) >= 11 is 4.64. The number of carbonyl (C=O) groups excluding carboxylic acids is 1. The minimum Gasteiger partial charge on any atom is -0.391 e. The van der Waals surface area contributed by atoms with Crippen molar-refractivity contribution in [2.75, 3.05) is 34.3 Å². The number of halogens is 1. The molecule has 0 saturated heterocycles. The summed E-state index contributed by atoms with van der Waals surface area (Å²) < 4.78 is 0.844. The number of nitrogens with zero attached hydrogens (tertiary/aromatic N) is 1. The number of aliphatic hydroxyl groups excluding tert-OH is 1. The molecule has 0 spiro atoms. The molecule has 12 heavy (non-hydrogen) atoms. The molecule has 0 fully saturated rings. The molecule has 5 heteroatoms. The fourth-order valence-electron chi connectivity index (χ4n) is 0.300. The maximum atomic E-state index is 9.21. The van der Waals surface area contributed by atoms with Crippen LogP contribution in [0.25, 0.3) is 0 Å². The highest BCUT2D eigenvalue weighted by atomic mass is 35.5. The Balaban J connectivity index is -0.000000142. The zero-order valence-electron chi connectivity index (χ0n) is 8.09. The molecular weight excluding hydrogens is 198 g/mol. The summed E-state index contributed by atoms with van der Waals surface area (Å²) in [5, 5.41) is 8.03. The Bertz CT molecular complexity index is 110. The van der Waals surface area contributed by atoms with Crippen molar-refractivity contribution in [2.45, 2.75) is 6.92 Å². The van der Waals surface area contributed by atoms with Crippen LogP contribution in [0.4, 0.5) is 0 Å². The first-order chi connectivity index (χ1) is 4.79. The molecule has 0 unspecified atom stereocenters. The molecule has 0 heterocycles.